The lowest BCUT2D eigenvalue weighted by Crippen LogP contribution is -2.60. The molecule has 0 unspecified atom stereocenters. The molecule has 7 atom stereocenters. The van der Waals surface area contributed by atoms with Crippen LogP contribution in [0.25, 0.3) is 0 Å². The van der Waals surface area contributed by atoms with Gasteiger partial charge in [0.25, 0.3) is 0 Å². The monoisotopic (exact) mass is 408 g/mol. The van der Waals surface area contributed by atoms with E-state index < -0.39 is 46.8 Å². The van der Waals surface area contributed by atoms with Crippen LogP contribution in [0.4, 0.5) is 0 Å². The smallest absolute Gasteiger partial charge is 0.203 e. The number of hydrogen-bond acceptors (Lipinski definition) is 6. The number of aliphatic hydroxyl groups excluding tert-OH is 4. The molecule has 0 aliphatic heterocycles. The highest BCUT2D eigenvalue weighted by atomic mass is 16.3. The van der Waals surface area contributed by atoms with Gasteiger partial charge in [-0.2, -0.15) is 0 Å². The summed E-state index contributed by atoms with van der Waals surface area (Å²) in [5.74, 6) is -4.02. The van der Waals surface area contributed by atoms with Crippen LogP contribution in [-0.4, -0.2) is 44.2 Å². The Kier molecular flexibility index (Phi) is 7.68. The van der Waals surface area contributed by atoms with Crippen LogP contribution >= 0.6 is 0 Å². The first-order valence-corrected chi connectivity index (χ1v) is 10.8. The highest BCUT2D eigenvalue weighted by molar-refractivity contribution is 6.04. The van der Waals surface area contributed by atoms with Gasteiger partial charge in [0, 0.05) is 12.0 Å². The molecule has 2 aliphatic carbocycles. The van der Waals surface area contributed by atoms with Gasteiger partial charge in [-0.05, 0) is 37.2 Å². The molecule has 0 spiro atoms. The zero-order chi connectivity index (χ0) is 21.9. The Bertz CT molecular complexity index is 681. The molecule has 1 saturated carbocycles. The van der Waals surface area contributed by atoms with E-state index in [1.807, 2.05) is 6.92 Å². The van der Waals surface area contributed by atoms with Crippen LogP contribution in [0.1, 0.15) is 66.2 Å². The second-order valence-corrected chi connectivity index (χ2v) is 9.08. The van der Waals surface area contributed by atoms with Gasteiger partial charge < -0.3 is 20.4 Å². The molecule has 6 heteroatoms. The Hall–Kier alpha value is -1.66. The Morgan fingerprint density at radius 2 is 1.93 bits per heavy atom. The van der Waals surface area contributed by atoms with Crippen molar-refractivity contribution in [2.75, 3.05) is 0 Å². The molecule has 0 saturated heterocycles. The Labute approximate surface area is 173 Å². The van der Waals surface area contributed by atoms with Crippen LogP contribution in [-0.2, 0) is 9.59 Å². The number of hydrogen-bond donors (Lipinski definition) is 4. The molecule has 29 heavy (non-hydrogen) atoms. The minimum atomic E-state index is -1.38. The second kappa shape index (κ2) is 9.43. The van der Waals surface area contributed by atoms with Gasteiger partial charge in [0.05, 0.1) is 29.8 Å². The van der Waals surface area contributed by atoms with Crippen molar-refractivity contribution in [3.8, 4) is 0 Å². The van der Waals surface area contributed by atoms with Crippen molar-refractivity contribution in [1.29, 1.82) is 0 Å². The maximum Gasteiger partial charge on any atom is 0.203 e. The number of unbranched alkanes of at least 4 members (excludes halogenated alkanes) is 3. The van der Waals surface area contributed by atoms with Crippen LogP contribution in [0.15, 0.2) is 23.7 Å². The number of fused-ring (bicyclic) bond motifs is 1. The molecule has 1 fully saturated rings. The molecular weight excluding hydrogens is 372 g/mol. The largest absolute Gasteiger partial charge is 0.515 e. The molecule has 0 aromatic heterocycles. The van der Waals surface area contributed by atoms with Gasteiger partial charge >= 0.3 is 0 Å². The zero-order valence-electron chi connectivity index (χ0n) is 18.0. The third kappa shape index (κ3) is 4.15. The summed E-state index contributed by atoms with van der Waals surface area (Å²) in [6.07, 6.45) is 4.70. The molecule has 2 rings (SSSR count). The van der Waals surface area contributed by atoms with E-state index in [-0.39, 0.29) is 18.3 Å². The molecule has 0 bridgehead atoms. The van der Waals surface area contributed by atoms with Crippen molar-refractivity contribution >= 4 is 11.6 Å². The van der Waals surface area contributed by atoms with E-state index in [1.54, 1.807) is 13.8 Å². The molecule has 0 aromatic rings. The van der Waals surface area contributed by atoms with Crippen molar-refractivity contribution in [2.24, 2.45) is 29.1 Å². The SMILES string of the molecule is CCCCCC[C@@H](C)C1=C(O)C(=O)[C@@H]2[C@H](O)[C@H](C)C[C@H](O)[C@H]2[C@]1(C)C(=O)/C=C\O. The maximum absolute atomic E-state index is 13.2. The predicted octanol–water partition coefficient (Wildman–Crippen LogP) is 3.63. The third-order valence-corrected chi connectivity index (χ3v) is 7.10. The molecule has 6 nitrogen and oxygen atoms in total. The van der Waals surface area contributed by atoms with E-state index >= 15 is 0 Å². The van der Waals surface area contributed by atoms with Crippen LogP contribution in [0.2, 0.25) is 0 Å². The minimum absolute atomic E-state index is 0.249. The highest BCUT2D eigenvalue weighted by Gasteiger charge is 2.61. The van der Waals surface area contributed by atoms with Crippen LogP contribution < -0.4 is 0 Å². The van der Waals surface area contributed by atoms with Crippen LogP contribution in [0.5, 0.6) is 0 Å². The number of carbonyl (C=O) groups excluding carboxylic acids is 2. The number of aliphatic hydroxyl groups is 4. The molecule has 0 heterocycles. The summed E-state index contributed by atoms with van der Waals surface area (Å²) in [5, 5.41) is 41.7. The molecule has 4 N–H and O–H groups in total. The van der Waals surface area contributed by atoms with E-state index in [9.17, 15) is 30.0 Å². The molecule has 2 aliphatic rings. The number of carbonyl (C=O) groups is 2. The fraction of sp³-hybridized carbons (Fsp3) is 0.739. The summed E-state index contributed by atoms with van der Waals surface area (Å²) in [7, 11) is 0. The van der Waals surface area contributed by atoms with Crippen LogP contribution in [0.3, 0.4) is 0 Å². The molecular formula is C23H36O6. The van der Waals surface area contributed by atoms with Gasteiger partial charge in [-0.15, -0.1) is 0 Å². The molecule has 164 valence electrons. The lowest BCUT2D eigenvalue weighted by atomic mass is 9.50. The van der Waals surface area contributed by atoms with E-state index in [0.29, 0.717) is 18.3 Å². The zero-order valence-corrected chi connectivity index (χ0v) is 18.0. The molecule has 0 amide bonds. The quantitative estimate of drug-likeness (QED) is 0.277. The van der Waals surface area contributed by atoms with Gasteiger partial charge in [0.1, 0.15) is 0 Å². The van der Waals surface area contributed by atoms with Crippen molar-refractivity contribution in [2.45, 2.75) is 78.4 Å². The number of Topliss-reactive ketones (excluding diaryl/α,β-unsaturated/α-hetero) is 1. The summed E-state index contributed by atoms with van der Waals surface area (Å²) in [6.45, 7) is 7.37. The van der Waals surface area contributed by atoms with Crippen molar-refractivity contribution in [3.05, 3.63) is 23.7 Å². The van der Waals surface area contributed by atoms with E-state index in [1.165, 1.54) is 0 Å². The Morgan fingerprint density at radius 1 is 1.28 bits per heavy atom. The fourth-order valence-corrected chi connectivity index (χ4v) is 5.56. The van der Waals surface area contributed by atoms with Gasteiger partial charge in [0.15, 0.2) is 11.5 Å². The normalized spacial score (nSPS) is 36.3. The van der Waals surface area contributed by atoms with Gasteiger partial charge in [-0.25, -0.2) is 0 Å². The average molecular weight is 409 g/mol. The van der Waals surface area contributed by atoms with Crippen molar-refractivity contribution in [3.63, 3.8) is 0 Å². The molecule has 0 aromatic carbocycles. The second-order valence-electron chi connectivity index (χ2n) is 9.08. The number of rotatable bonds is 8. The van der Waals surface area contributed by atoms with E-state index in [4.69, 9.17) is 0 Å². The predicted molar refractivity (Wildman–Crippen MR) is 110 cm³/mol. The van der Waals surface area contributed by atoms with Gasteiger partial charge in [-0.1, -0.05) is 46.5 Å². The third-order valence-electron chi connectivity index (χ3n) is 7.10. The average Bonchev–Trinajstić information content (AvgIpc) is 2.66. The Morgan fingerprint density at radius 3 is 2.52 bits per heavy atom. The number of ketones is 2. The van der Waals surface area contributed by atoms with Crippen molar-refractivity contribution < 1.29 is 30.0 Å². The topological polar surface area (TPSA) is 115 Å². The highest BCUT2D eigenvalue weighted by Crippen LogP contribution is 2.55. The minimum Gasteiger partial charge on any atom is -0.515 e. The summed E-state index contributed by atoms with van der Waals surface area (Å²) >= 11 is 0. The van der Waals surface area contributed by atoms with Crippen molar-refractivity contribution in [1.82, 2.24) is 0 Å². The number of allylic oxidation sites excluding steroid dienone is 3. The summed E-state index contributed by atoms with van der Waals surface area (Å²) < 4.78 is 0. The first-order chi connectivity index (χ1) is 13.6. The maximum atomic E-state index is 13.2. The standard InChI is InChI=1S/C23H36O6/c1-5-6-7-8-9-13(2)18-22(29)21(28)17-19(15(25)12-14(3)20(17)27)23(18,4)16(26)10-11-24/h10-11,13-15,17,19-20,24-25,27,29H,5-9,12H2,1-4H3/b11-10-/t13-,14-,15+,17+,19-,20-,23-/m1/s1. The first kappa shape index (κ1) is 23.6. The Balaban J connectivity index is 2.57. The van der Waals surface area contributed by atoms with E-state index in [0.717, 1.165) is 31.8 Å². The van der Waals surface area contributed by atoms with Crippen LogP contribution in [0, 0.1) is 29.1 Å². The summed E-state index contributed by atoms with van der Waals surface area (Å²) in [6, 6.07) is 0. The lowest BCUT2D eigenvalue weighted by molar-refractivity contribution is -0.159. The summed E-state index contributed by atoms with van der Waals surface area (Å²) in [5.41, 5.74) is -1.06. The summed E-state index contributed by atoms with van der Waals surface area (Å²) in [4.78, 5) is 26.2. The first-order valence-electron chi connectivity index (χ1n) is 10.8. The van der Waals surface area contributed by atoms with Gasteiger partial charge in [0.2, 0.25) is 5.78 Å². The van der Waals surface area contributed by atoms with E-state index in [2.05, 4.69) is 6.92 Å². The fourth-order valence-electron chi connectivity index (χ4n) is 5.56. The molecule has 0 radical (unpaired) electrons. The van der Waals surface area contributed by atoms with Gasteiger partial charge in [-0.3, -0.25) is 9.59 Å². The lowest BCUT2D eigenvalue weighted by Gasteiger charge is -2.53.